The van der Waals surface area contributed by atoms with Crippen LogP contribution in [0.3, 0.4) is 0 Å². The molecule has 0 saturated heterocycles. The molecule has 0 aliphatic heterocycles. The van der Waals surface area contributed by atoms with Gasteiger partial charge in [-0.15, -0.1) is 0 Å². The Balaban J connectivity index is 2.23. The highest BCUT2D eigenvalue weighted by atomic mass is 16.6. The first-order valence-corrected chi connectivity index (χ1v) is 8.70. The maximum Gasteiger partial charge on any atom is 0.310 e. The maximum absolute atomic E-state index is 12.7. The number of nitro groups is 1. The van der Waals surface area contributed by atoms with Crippen LogP contribution in [-0.2, 0) is 4.79 Å². The zero-order valence-electron chi connectivity index (χ0n) is 16.5. The molecule has 0 aliphatic rings. The molecule has 0 fully saturated rings. The van der Waals surface area contributed by atoms with E-state index in [9.17, 15) is 19.7 Å². The minimum atomic E-state index is -0.938. The molecule has 0 aliphatic carbocycles. The summed E-state index contributed by atoms with van der Waals surface area (Å²) in [5, 5.41) is 16.3. The van der Waals surface area contributed by atoms with Crippen LogP contribution in [0.15, 0.2) is 36.7 Å². The van der Waals surface area contributed by atoms with Crippen molar-refractivity contribution >= 4 is 23.2 Å². The van der Waals surface area contributed by atoms with Crippen LogP contribution in [0, 0.1) is 16.0 Å². The highest BCUT2D eigenvalue weighted by Gasteiger charge is 2.27. The highest BCUT2D eigenvalue weighted by molar-refractivity contribution is 6.02. The molecule has 1 aromatic carbocycles. The van der Waals surface area contributed by atoms with E-state index in [1.54, 1.807) is 19.9 Å². The number of rotatable bonds is 8. The lowest BCUT2D eigenvalue weighted by atomic mass is 10.0. The lowest BCUT2D eigenvalue weighted by molar-refractivity contribution is -0.384. The number of methoxy groups -OCH3 is 2. The smallest absolute Gasteiger partial charge is 0.310 e. The Kier molecular flexibility index (Phi) is 7.07. The standard InChI is InChI=1S/C19H22N4O6/c1-11(2)17(19(25)21-15-5-6-20-10-16(15)23(26)27)22-18(24)12-7-13(28-3)9-14(8-12)29-4/h5-11,17H,1-4H3,(H,22,24)(H,20,21,25). The fourth-order valence-electron chi connectivity index (χ4n) is 2.55. The van der Waals surface area contributed by atoms with Gasteiger partial charge < -0.3 is 20.1 Å². The first kappa shape index (κ1) is 21.6. The van der Waals surface area contributed by atoms with E-state index in [2.05, 4.69) is 15.6 Å². The van der Waals surface area contributed by atoms with Gasteiger partial charge in [0.15, 0.2) is 0 Å². The van der Waals surface area contributed by atoms with Crippen LogP contribution in [0.2, 0.25) is 0 Å². The van der Waals surface area contributed by atoms with Crippen molar-refractivity contribution in [3.63, 3.8) is 0 Å². The molecule has 154 valence electrons. The number of amides is 2. The van der Waals surface area contributed by atoms with Gasteiger partial charge in [-0.1, -0.05) is 13.8 Å². The van der Waals surface area contributed by atoms with E-state index in [0.29, 0.717) is 11.5 Å². The van der Waals surface area contributed by atoms with Gasteiger partial charge in [0, 0.05) is 17.8 Å². The molecule has 0 bridgehead atoms. The zero-order valence-corrected chi connectivity index (χ0v) is 16.5. The van der Waals surface area contributed by atoms with Crippen molar-refractivity contribution in [3.8, 4) is 11.5 Å². The predicted molar refractivity (Wildman–Crippen MR) is 105 cm³/mol. The lowest BCUT2D eigenvalue weighted by Gasteiger charge is -2.22. The van der Waals surface area contributed by atoms with Gasteiger partial charge in [0.25, 0.3) is 5.91 Å². The number of carbonyl (C=O) groups is 2. The Bertz CT molecular complexity index is 893. The Labute approximate surface area is 167 Å². The Morgan fingerprint density at radius 3 is 2.28 bits per heavy atom. The molecular formula is C19H22N4O6. The number of hydrogen-bond acceptors (Lipinski definition) is 7. The minimum Gasteiger partial charge on any atom is -0.497 e. The molecule has 1 heterocycles. The number of pyridine rings is 1. The van der Waals surface area contributed by atoms with E-state index in [-0.39, 0.29) is 22.9 Å². The van der Waals surface area contributed by atoms with Crippen molar-refractivity contribution in [1.29, 1.82) is 0 Å². The summed E-state index contributed by atoms with van der Waals surface area (Å²) in [6, 6.07) is 5.03. The van der Waals surface area contributed by atoms with Crippen molar-refractivity contribution in [2.75, 3.05) is 19.5 Å². The van der Waals surface area contributed by atoms with Crippen molar-refractivity contribution in [1.82, 2.24) is 10.3 Å². The summed E-state index contributed by atoms with van der Waals surface area (Å²) in [4.78, 5) is 39.6. The summed E-state index contributed by atoms with van der Waals surface area (Å²) in [7, 11) is 2.92. The van der Waals surface area contributed by atoms with Gasteiger partial charge >= 0.3 is 5.69 Å². The Hall–Kier alpha value is -3.69. The van der Waals surface area contributed by atoms with Gasteiger partial charge in [-0.2, -0.15) is 0 Å². The topological polar surface area (TPSA) is 133 Å². The second-order valence-electron chi connectivity index (χ2n) is 6.44. The van der Waals surface area contributed by atoms with Crippen LogP contribution in [0.1, 0.15) is 24.2 Å². The molecule has 29 heavy (non-hydrogen) atoms. The van der Waals surface area contributed by atoms with Gasteiger partial charge in [0.2, 0.25) is 5.91 Å². The summed E-state index contributed by atoms with van der Waals surface area (Å²) in [5.41, 5.74) is -0.0975. The van der Waals surface area contributed by atoms with Crippen molar-refractivity contribution in [2.24, 2.45) is 5.92 Å². The van der Waals surface area contributed by atoms with Gasteiger partial charge in [-0.3, -0.25) is 24.7 Å². The molecule has 1 atom stereocenters. The number of nitrogens with zero attached hydrogens (tertiary/aromatic N) is 2. The second kappa shape index (κ2) is 9.49. The van der Waals surface area contributed by atoms with Crippen LogP contribution in [0.5, 0.6) is 11.5 Å². The number of ether oxygens (including phenoxy) is 2. The third kappa shape index (κ3) is 5.41. The van der Waals surface area contributed by atoms with Gasteiger partial charge in [0.05, 0.1) is 19.1 Å². The third-order valence-electron chi connectivity index (χ3n) is 4.10. The number of anilines is 1. The Morgan fingerprint density at radius 2 is 1.76 bits per heavy atom. The highest BCUT2D eigenvalue weighted by Crippen LogP contribution is 2.24. The molecule has 0 radical (unpaired) electrons. The summed E-state index contributed by atoms with van der Waals surface area (Å²) < 4.78 is 10.3. The molecular weight excluding hydrogens is 380 g/mol. The number of hydrogen-bond donors (Lipinski definition) is 2. The number of nitrogens with one attached hydrogen (secondary N) is 2. The second-order valence-corrected chi connectivity index (χ2v) is 6.44. The third-order valence-corrected chi connectivity index (χ3v) is 4.10. The van der Waals surface area contributed by atoms with Gasteiger partial charge in [0.1, 0.15) is 29.4 Å². The monoisotopic (exact) mass is 402 g/mol. The average Bonchev–Trinajstić information content (AvgIpc) is 2.71. The summed E-state index contributed by atoms with van der Waals surface area (Å²) in [6.45, 7) is 3.50. The molecule has 0 saturated carbocycles. The fourth-order valence-corrected chi connectivity index (χ4v) is 2.55. The van der Waals surface area contributed by atoms with Gasteiger partial charge in [-0.05, 0) is 24.1 Å². The van der Waals surface area contributed by atoms with Crippen molar-refractivity contribution < 1.29 is 24.0 Å². The zero-order chi connectivity index (χ0) is 21.6. The van der Waals surface area contributed by atoms with Crippen LogP contribution >= 0.6 is 0 Å². The molecule has 2 amide bonds. The van der Waals surface area contributed by atoms with Crippen molar-refractivity contribution in [3.05, 3.63) is 52.3 Å². The summed E-state index contributed by atoms with van der Waals surface area (Å²) in [5.74, 6) is -0.537. The molecule has 2 N–H and O–H groups in total. The molecule has 2 aromatic rings. The van der Waals surface area contributed by atoms with Crippen molar-refractivity contribution in [2.45, 2.75) is 19.9 Å². The van der Waals surface area contributed by atoms with E-state index < -0.39 is 22.8 Å². The van der Waals surface area contributed by atoms with E-state index >= 15 is 0 Å². The number of carbonyl (C=O) groups excluding carboxylic acids is 2. The molecule has 1 unspecified atom stereocenters. The Morgan fingerprint density at radius 1 is 1.14 bits per heavy atom. The molecule has 0 spiro atoms. The largest absolute Gasteiger partial charge is 0.497 e. The van der Waals surface area contributed by atoms with Crippen LogP contribution in [0.4, 0.5) is 11.4 Å². The predicted octanol–water partition coefficient (Wildman–Crippen LogP) is 2.40. The average molecular weight is 402 g/mol. The van der Waals surface area contributed by atoms with E-state index in [1.807, 2.05) is 0 Å². The van der Waals surface area contributed by atoms with Crippen LogP contribution in [-0.4, -0.2) is 42.0 Å². The van der Waals surface area contributed by atoms with E-state index in [1.165, 1.54) is 38.6 Å². The molecule has 10 nitrogen and oxygen atoms in total. The minimum absolute atomic E-state index is 0.00190. The first-order valence-electron chi connectivity index (χ1n) is 8.70. The maximum atomic E-state index is 12.7. The van der Waals surface area contributed by atoms with Crippen LogP contribution in [0.25, 0.3) is 0 Å². The quantitative estimate of drug-likeness (QED) is 0.512. The summed E-state index contributed by atoms with van der Waals surface area (Å²) >= 11 is 0. The van der Waals surface area contributed by atoms with E-state index in [4.69, 9.17) is 9.47 Å². The normalized spacial score (nSPS) is 11.5. The first-order chi connectivity index (χ1) is 13.8. The lowest BCUT2D eigenvalue weighted by Crippen LogP contribution is -2.47. The van der Waals surface area contributed by atoms with Crippen LogP contribution < -0.4 is 20.1 Å². The molecule has 10 heteroatoms. The molecule has 1 aromatic heterocycles. The SMILES string of the molecule is COc1cc(OC)cc(C(=O)NC(C(=O)Nc2ccncc2[N+](=O)[O-])C(C)C)c1. The number of aromatic nitrogens is 1. The summed E-state index contributed by atoms with van der Waals surface area (Å²) in [6.07, 6.45) is 2.37. The van der Waals surface area contributed by atoms with Gasteiger partial charge in [-0.25, -0.2) is 0 Å². The fraction of sp³-hybridized carbons (Fsp3) is 0.316. The molecule has 2 rings (SSSR count). The number of benzene rings is 1. The van der Waals surface area contributed by atoms with E-state index in [0.717, 1.165) is 6.20 Å².